The number of nitrogens with zero attached hydrogens (tertiary/aromatic N) is 3. The quantitative estimate of drug-likeness (QED) is 0.524. The molecule has 0 unspecified atom stereocenters. The lowest BCUT2D eigenvalue weighted by molar-refractivity contribution is -0.193. The number of halogens is 6. The number of alkyl halides is 6. The monoisotopic (exact) mass is 545 g/mol. The number of carboxylic acid groups (broad SMARTS) is 2. The second-order valence-corrected chi connectivity index (χ2v) is 8.87. The molecule has 210 valence electrons. The van der Waals surface area contributed by atoms with Gasteiger partial charge in [0.2, 0.25) is 5.91 Å². The van der Waals surface area contributed by atoms with Gasteiger partial charge < -0.3 is 19.8 Å². The number of ether oxygens (including phenoxy) is 1. The van der Waals surface area contributed by atoms with Crippen molar-refractivity contribution in [2.75, 3.05) is 40.4 Å². The number of carboxylic acids is 2. The molecule has 2 aliphatic rings. The molecule has 1 aliphatic carbocycles. The summed E-state index contributed by atoms with van der Waals surface area (Å²) in [6.07, 6.45) is -2.60. The van der Waals surface area contributed by atoms with Crippen LogP contribution in [0.1, 0.15) is 24.8 Å². The zero-order valence-electron chi connectivity index (χ0n) is 20.2. The standard InChI is InChI=1S/C18H27N3O2.2C2HF3O2/c1-20(2)17(22)12-23-14-18-7-3-6-16(18)11-21(13-18)10-15-5-4-8-19-9-15;2*3-2(4,5)1(6)7/h4-5,8-9,16H,3,6-7,10-14H2,1-2H3;2*(H,6,7)/t16-,18+;;/m1../s1. The van der Waals surface area contributed by atoms with E-state index in [0.29, 0.717) is 12.5 Å². The number of amides is 1. The fraction of sp³-hybridized carbons (Fsp3) is 0.636. The third-order valence-electron chi connectivity index (χ3n) is 5.84. The number of fused-ring (bicyclic) bond motifs is 1. The van der Waals surface area contributed by atoms with Gasteiger partial charge in [-0.05, 0) is 30.4 Å². The molecular formula is C22H29F6N3O6. The number of aromatic nitrogens is 1. The number of hydrogen-bond donors (Lipinski definition) is 2. The van der Waals surface area contributed by atoms with Gasteiger partial charge in [-0.2, -0.15) is 26.3 Å². The summed E-state index contributed by atoms with van der Waals surface area (Å²) in [5.74, 6) is -4.77. The Morgan fingerprint density at radius 2 is 1.70 bits per heavy atom. The van der Waals surface area contributed by atoms with E-state index in [1.165, 1.54) is 24.8 Å². The average molecular weight is 545 g/mol. The van der Waals surface area contributed by atoms with Crippen molar-refractivity contribution in [2.45, 2.75) is 38.2 Å². The summed E-state index contributed by atoms with van der Waals surface area (Å²) in [5.41, 5.74) is 1.51. The van der Waals surface area contributed by atoms with Crippen LogP contribution in [-0.4, -0.2) is 95.6 Å². The predicted molar refractivity (Wildman–Crippen MR) is 116 cm³/mol. The second kappa shape index (κ2) is 13.6. The molecule has 1 saturated heterocycles. The molecule has 2 N–H and O–H groups in total. The number of pyridine rings is 1. The van der Waals surface area contributed by atoms with Crippen LogP contribution in [0.2, 0.25) is 0 Å². The van der Waals surface area contributed by atoms with Crippen molar-refractivity contribution in [3.63, 3.8) is 0 Å². The molecule has 2 fully saturated rings. The summed E-state index contributed by atoms with van der Waals surface area (Å²) in [4.78, 5) is 37.8. The largest absolute Gasteiger partial charge is 0.490 e. The van der Waals surface area contributed by atoms with E-state index >= 15 is 0 Å². The highest BCUT2D eigenvalue weighted by Crippen LogP contribution is 2.49. The van der Waals surface area contributed by atoms with Gasteiger partial charge in [-0.1, -0.05) is 12.5 Å². The third-order valence-corrected chi connectivity index (χ3v) is 5.84. The van der Waals surface area contributed by atoms with Crippen molar-refractivity contribution >= 4 is 17.8 Å². The number of carbonyl (C=O) groups is 3. The molecule has 2 heterocycles. The van der Waals surface area contributed by atoms with Crippen LogP contribution in [0, 0.1) is 11.3 Å². The molecule has 1 aliphatic heterocycles. The van der Waals surface area contributed by atoms with Gasteiger partial charge in [-0.3, -0.25) is 14.7 Å². The first kappa shape index (κ1) is 32.1. The van der Waals surface area contributed by atoms with Crippen molar-refractivity contribution in [1.29, 1.82) is 0 Å². The van der Waals surface area contributed by atoms with Gasteiger partial charge in [0.05, 0.1) is 6.61 Å². The topological polar surface area (TPSA) is 120 Å². The summed E-state index contributed by atoms with van der Waals surface area (Å²) in [6.45, 7) is 4.08. The Morgan fingerprint density at radius 3 is 2.16 bits per heavy atom. The lowest BCUT2D eigenvalue weighted by Gasteiger charge is -2.29. The maximum absolute atomic E-state index is 11.7. The van der Waals surface area contributed by atoms with Crippen LogP contribution < -0.4 is 0 Å². The molecular weight excluding hydrogens is 516 g/mol. The number of likely N-dealkylation sites (N-methyl/N-ethyl adjacent to an activating group) is 1. The van der Waals surface area contributed by atoms with Crippen molar-refractivity contribution in [3.05, 3.63) is 30.1 Å². The predicted octanol–water partition coefficient (Wildman–Crippen LogP) is 3.06. The molecule has 9 nitrogen and oxygen atoms in total. The van der Waals surface area contributed by atoms with Gasteiger partial charge in [0.25, 0.3) is 0 Å². The molecule has 0 aromatic carbocycles. The van der Waals surface area contributed by atoms with Crippen molar-refractivity contribution in [3.8, 4) is 0 Å². The number of aliphatic carboxylic acids is 2. The zero-order chi connectivity index (χ0) is 28.4. The molecule has 3 rings (SSSR count). The van der Waals surface area contributed by atoms with Crippen LogP contribution in [0.5, 0.6) is 0 Å². The van der Waals surface area contributed by atoms with E-state index in [4.69, 9.17) is 24.5 Å². The van der Waals surface area contributed by atoms with Gasteiger partial charge in [0, 0.05) is 51.5 Å². The SMILES string of the molecule is CN(C)C(=O)COC[C@@]12CCC[C@@H]1CN(Cc1cccnc1)C2.O=C(O)C(F)(F)F.O=C(O)C(F)(F)F. The fourth-order valence-electron chi connectivity index (χ4n) is 4.10. The lowest BCUT2D eigenvalue weighted by atomic mass is 9.81. The summed E-state index contributed by atoms with van der Waals surface area (Å²) < 4.78 is 69.3. The van der Waals surface area contributed by atoms with Crippen molar-refractivity contribution < 1.29 is 55.7 Å². The Kier molecular flexibility index (Phi) is 11.8. The van der Waals surface area contributed by atoms with Crippen LogP contribution in [0.4, 0.5) is 26.3 Å². The molecule has 2 atom stereocenters. The maximum Gasteiger partial charge on any atom is 0.490 e. The van der Waals surface area contributed by atoms with Crippen LogP contribution in [-0.2, 0) is 25.7 Å². The Balaban J connectivity index is 0.000000404. The normalized spacial score (nSPS) is 21.1. The molecule has 1 aromatic heterocycles. The first-order chi connectivity index (χ1) is 17.0. The first-order valence-corrected chi connectivity index (χ1v) is 11.0. The van der Waals surface area contributed by atoms with E-state index in [9.17, 15) is 31.1 Å². The van der Waals surface area contributed by atoms with Crippen LogP contribution in [0.25, 0.3) is 0 Å². The highest BCUT2D eigenvalue weighted by Gasteiger charge is 2.49. The van der Waals surface area contributed by atoms with Crippen molar-refractivity contribution in [2.24, 2.45) is 11.3 Å². The highest BCUT2D eigenvalue weighted by atomic mass is 19.4. The molecule has 37 heavy (non-hydrogen) atoms. The van der Waals surface area contributed by atoms with Crippen LogP contribution >= 0.6 is 0 Å². The maximum atomic E-state index is 11.7. The molecule has 1 saturated carbocycles. The molecule has 0 bridgehead atoms. The number of rotatable bonds is 6. The highest BCUT2D eigenvalue weighted by molar-refractivity contribution is 5.76. The fourth-order valence-corrected chi connectivity index (χ4v) is 4.10. The minimum absolute atomic E-state index is 0.0427. The summed E-state index contributed by atoms with van der Waals surface area (Å²) in [7, 11) is 3.54. The summed E-state index contributed by atoms with van der Waals surface area (Å²) in [6, 6.07) is 4.14. The molecule has 1 amide bonds. The molecule has 0 spiro atoms. The molecule has 0 radical (unpaired) electrons. The van der Waals surface area contributed by atoms with E-state index in [-0.39, 0.29) is 17.9 Å². The smallest absolute Gasteiger partial charge is 0.475 e. The van der Waals surface area contributed by atoms with E-state index in [0.717, 1.165) is 19.6 Å². The Hall–Kier alpha value is -2.94. The summed E-state index contributed by atoms with van der Waals surface area (Å²) in [5, 5.41) is 14.2. The van der Waals surface area contributed by atoms with E-state index < -0.39 is 24.3 Å². The van der Waals surface area contributed by atoms with Gasteiger partial charge in [-0.25, -0.2) is 9.59 Å². The Morgan fingerprint density at radius 1 is 1.14 bits per heavy atom. The molecule has 15 heteroatoms. The van der Waals surface area contributed by atoms with Crippen LogP contribution in [0.3, 0.4) is 0 Å². The van der Waals surface area contributed by atoms with E-state index in [2.05, 4.69) is 16.0 Å². The van der Waals surface area contributed by atoms with E-state index in [1.807, 2.05) is 18.5 Å². The average Bonchev–Trinajstić information content (AvgIpc) is 3.30. The lowest BCUT2D eigenvalue weighted by Crippen LogP contribution is -2.34. The van der Waals surface area contributed by atoms with Gasteiger partial charge in [0.1, 0.15) is 6.61 Å². The summed E-state index contributed by atoms with van der Waals surface area (Å²) >= 11 is 0. The number of carbonyl (C=O) groups excluding carboxylic acids is 1. The van der Waals surface area contributed by atoms with E-state index in [1.54, 1.807) is 19.0 Å². The molecule has 1 aromatic rings. The van der Waals surface area contributed by atoms with Crippen LogP contribution in [0.15, 0.2) is 24.5 Å². The van der Waals surface area contributed by atoms with Gasteiger partial charge in [0.15, 0.2) is 0 Å². The second-order valence-electron chi connectivity index (χ2n) is 8.87. The first-order valence-electron chi connectivity index (χ1n) is 11.0. The number of likely N-dealkylation sites (tertiary alicyclic amines) is 1. The minimum atomic E-state index is -5.08. The minimum Gasteiger partial charge on any atom is -0.475 e. The number of hydrogen-bond acceptors (Lipinski definition) is 6. The van der Waals surface area contributed by atoms with Crippen molar-refractivity contribution in [1.82, 2.24) is 14.8 Å². The Labute approximate surface area is 209 Å². The Bertz CT molecular complexity index is 873. The third kappa shape index (κ3) is 10.9. The van der Waals surface area contributed by atoms with Gasteiger partial charge in [-0.15, -0.1) is 0 Å². The zero-order valence-corrected chi connectivity index (χ0v) is 20.2. The van der Waals surface area contributed by atoms with Gasteiger partial charge >= 0.3 is 24.3 Å².